The fourth-order valence-corrected chi connectivity index (χ4v) is 2.99. The van der Waals surface area contributed by atoms with Gasteiger partial charge in [-0.3, -0.25) is 0 Å². The molecule has 0 spiro atoms. The first-order valence-electron chi connectivity index (χ1n) is 6.07. The minimum Gasteiger partial charge on any atom is -0.399 e. The zero-order chi connectivity index (χ0) is 13.4. The number of nitrogens with zero attached hydrogens (tertiary/aromatic N) is 2. The molecule has 0 saturated heterocycles. The van der Waals surface area contributed by atoms with Crippen LogP contribution in [0.3, 0.4) is 0 Å². The lowest BCUT2D eigenvalue weighted by Gasteiger charge is -2.11. The standard InChI is InChI=1S/C15H15N3S/c1-18(2)12-6-3-10(4-7-12)15-17-13-8-5-11(16)9-14(13)19-15/h3-9H,16H2,1-2H3. The van der Waals surface area contributed by atoms with E-state index in [0.29, 0.717) is 0 Å². The Kier molecular flexibility index (Phi) is 2.87. The van der Waals surface area contributed by atoms with Crippen LogP contribution in [0.2, 0.25) is 0 Å². The number of nitrogens with two attached hydrogens (primary N) is 1. The second kappa shape index (κ2) is 4.55. The van der Waals surface area contributed by atoms with Crippen LogP contribution in [-0.2, 0) is 0 Å². The molecule has 0 aliphatic rings. The second-order valence-electron chi connectivity index (χ2n) is 4.69. The van der Waals surface area contributed by atoms with Gasteiger partial charge in [0.15, 0.2) is 0 Å². The smallest absolute Gasteiger partial charge is 0.124 e. The van der Waals surface area contributed by atoms with Crippen LogP contribution in [0.1, 0.15) is 0 Å². The van der Waals surface area contributed by atoms with Gasteiger partial charge in [0, 0.05) is 31.0 Å². The summed E-state index contributed by atoms with van der Waals surface area (Å²) in [7, 11) is 4.07. The fraction of sp³-hybridized carbons (Fsp3) is 0.133. The van der Waals surface area contributed by atoms with E-state index in [4.69, 9.17) is 5.73 Å². The Labute approximate surface area is 116 Å². The fourth-order valence-electron chi connectivity index (χ4n) is 1.97. The van der Waals surface area contributed by atoms with Crippen LogP contribution in [0.4, 0.5) is 11.4 Å². The third kappa shape index (κ3) is 2.27. The Hall–Kier alpha value is -2.07. The Morgan fingerprint density at radius 3 is 2.47 bits per heavy atom. The molecule has 2 aromatic carbocycles. The molecule has 19 heavy (non-hydrogen) atoms. The topological polar surface area (TPSA) is 42.2 Å². The molecule has 0 aliphatic carbocycles. The van der Waals surface area contributed by atoms with Gasteiger partial charge in [0.05, 0.1) is 10.2 Å². The lowest BCUT2D eigenvalue weighted by Crippen LogP contribution is -2.07. The van der Waals surface area contributed by atoms with Crippen molar-refractivity contribution >= 4 is 32.9 Å². The summed E-state index contributed by atoms with van der Waals surface area (Å²) < 4.78 is 1.13. The predicted molar refractivity (Wildman–Crippen MR) is 83.8 cm³/mol. The Morgan fingerprint density at radius 1 is 1.05 bits per heavy atom. The van der Waals surface area contributed by atoms with Crippen LogP contribution in [0.15, 0.2) is 42.5 Å². The maximum Gasteiger partial charge on any atom is 0.124 e. The van der Waals surface area contributed by atoms with Gasteiger partial charge in [-0.25, -0.2) is 4.98 Å². The summed E-state index contributed by atoms with van der Waals surface area (Å²) in [6, 6.07) is 14.3. The maximum absolute atomic E-state index is 5.80. The predicted octanol–water partition coefficient (Wildman–Crippen LogP) is 3.61. The number of hydrogen-bond acceptors (Lipinski definition) is 4. The minimum atomic E-state index is 0.783. The summed E-state index contributed by atoms with van der Waals surface area (Å²) >= 11 is 1.67. The first-order valence-corrected chi connectivity index (χ1v) is 6.89. The number of hydrogen-bond donors (Lipinski definition) is 1. The molecule has 1 heterocycles. The lowest BCUT2D eigenvalue weighted by molar-refractivity contribution is 1.13. The van der Waals surface area contributed by atoms with Crippen molar-refractivity contribution in [2.24, 2.45) is 0 Å². The Morgan fingerprint density at radius 2 is 1.79 bits per heavy atom. The lowest BCUT2D eigenvalue weighted by atomic mass is 10.2. The average Bonchev–Trinajstić information content (AvgIpc) is 2.81. The number of anilines is 2. The van der Waals surface area contributed by atoms with Gasteiger partial charge in [-0.2, -0.15) is 0 Å². The molecule has 96 valence electrons. The molecule has 0 radical (unpaired) electrons. The van der Waals surface area contributed by atoms with E-state index in [1.165, 1.54) is 5.69 Å². The molecule has 2 N–H and O–H groups in total. The minimum absolute atomic E-state index is 0.783. The molecular formula is C15H15N3S. The third-order valence-corrected chi connectivity index (χ3v) is 4.11. The highest BCUT2D eigenvalue weighted by atomic mass is 32.1. The Balaban J connectivity index is 2.03. The number of benzene rings is 2. The zero-order valence-corrected chi connectivity index (χ0v) is 11.7. The van der Waals surface area contributed by atoms with Crippen molar-refractivity contribution in [1.82, 2.24) is 4.98 Å². The molecule has 0 bridgehead atoms. The van der Waals surface area contributed by atoms with Crippen LogP contribution in [0.25, 0.3) is 20.8 Å². The normalized spacial score (nSPS) is 10.8. The summed E-state index contributed by atoms with van der Waals surface area (Å²) in [5, 5.41) is 1.03. The van der Waals surface area contributed by atoms with Crippen molar-refractivity contribution in [2.45, 2.75) is 0 Å². The molecular weight excluding hydrogens is 254 g/mol. The molecule has 3 rings (SSSR count). The molecule has 0 saturated carbocycles. The van der Waals surface area contributed by atoms with Gasteiger partial charge in [0.2, 0.25) is 0 Å². The van der Waals surface area contributed by atoms with Crippen molar-refractivity contribution < 1.29 is 0 Å². The summed E-state index contributed by atoms with van der Waals surface area (Å²) in [5.74, 6) is 0. The molecule has 3 aromatic rings. The van der Waals surface area contributed by atoms with E-state index in [1.54, 1.807) is 11.3 Å². The zero-order valence-electron chi connectivity index (χ0n) is 10.9. The summed E-state index contributed by atoms with van der Waals surface area (Å²) in [5.41, 5.74) is 9.92. The highest BCUT2D eigenvalue weighted by molar-refractivity contribution is 7.21. The average molecular weight is 269 g/mol. The third-order valence-electron chi connectivity index (χ3n) is 3.04. The van der Waals surface area contributed by atoms with E-state index in [0.717, 1.165) is 26.5 Å². The van der Waals surface area contributed by atoms with E-state index in [1.807, 2.05) is 32.3 Å². The van der Waals surface area contributed by atoms with Gasteiger partial charge in [-0.1, -0.05) is 0 Å². The number of thiazole rings is 1. The van der Waals surface area contributed by atoms with Crippen molar-refractivity contribution in [3.05, 3.63) is 42.5 Å². The van der Waals surface area contributed by atoms with Crippen LogP contribution in [0.5, 0.6) is 0 Å². The van der Waals surface area contributed by atoms with Gasteiger partial charge in [-0.05, 0) is 42.5 Å². The SMILES string of the molecule is CN(C)c1ccc(-c2nc3ccc(N)cc3s2)cc1. The summed E-state index contributed by atoms with van der Waals surface area (Å²) in [6.45, 7) is 0. The summed E-state index contributed by atoms with van der Waals surface area (Å²) in [6.07, 6.45) is 0. The van der Waals surface area contributed by atoms with Crippen LogP contribution >= 0.6 is 11.3 Å². The first-order chi connectivity index (χ1) is 9.13. The monoisotopic (exact) mass is 269 g/mol. The highest BCUT2D eigenvalue weighted by Crippen LogP contribution is 2.31. The number of nitrogen functional groups attached to an aromatic ring is 1. The van der Waals surface area contributed by atoms with Gasteiger partial charge >= 0.3 is 0 Å². The summed E-state index contributed by atoms with van der Waals surface area (Å²) in [4.78, 5) is 6.73. The number of aromatic nitrogens is 1. The number of fused-ring (bicyclic) bond motifs is 1. The molecule has 0 atom stereocenters. The quantitative estimate of drug-likeness (QED) is 0.723. The van der Waals surface area contributed by atoms with Crippen molar-refractivity contribution in [1.29, 1.82) is 0 Å². The highest BCUT2D eigenvalue weighted by Gasteiger charge is 2.06. The van der Waals surface area contributed by atoms with Crippen LogP contribution in [0, 0.1) is 0 Å². The van der Waals surface area contributed by atoms with Crippen LogP contribution < -0.4 is 10.6 Å². The number of rotatable bonds is 2. The van der Waals surface area contributed by atoms with Crippen molar-refractivity contribution in [3.63, 3.8) is 0 Å². The van der Waals surface area contributed by atoms with Gasteiger partial charge < -0.3 is 10.6 Å². The first kappa shape index (κ1) is 12.0. The largest absolute Gasteiger partial charge is 0.399 e. The van der Waals surface area contributed by atoms with E-state index < -0.39 is 0 Å². The van der Waals surface area contributed by atoms with E-state index in [-0.39, 0.29) is 0 Å². The molecule has 1 aromatic heterocycles. The molecule has 4 heteroatoms. The van der Waals surface area contributed by atoms with Gasteiger partial charge in [0.25, 0.3) is 0 Å². The maximum atomic E-state index is 5.80. The van der Waals surface area contributed by atoms with Gasteiger partial charge in [-0.15, -0.1) is 11.3 Å². The molecule has 0 aliphatic heterocycles. The van der Waals surface area contributed by atoms with Crippen LogP contribution in [-0.4, -0.2) is 19.1 Å². The van der Waals surface area contributed by atoms with E-state index >= 15 is 0 Å². The molecule has 0 amide bonds. The van der Waals surface area contributed by atoms with E-state index in [9.17, 15) is 0 Å². The van der Waals surface area contributed by atoms with E-state index in [2.05, 4.69) is 34.1 Å². The molecule has 3 nitrogen and oxygen atoms in total. The molecule has 0 fully saturated rings. The second-order valence-corrected chi connectivity index (χ2v) is 5.72. The van der Waals surface area contributed by atoms with Gasteiger partial charge in [0.1, 0.15) is 5.01 Å². The molecule has 0 unspecified atom stereocenters. The van der Waals surface area contributed by atoms with Crippen molar-refractivity contribution in [2.75, 3.05) is 24.7 Å². The Bertz CT molecular complexity index is 714. The van der Waals surface area contributed by atoms with Crippen molar-refractivity contribution in [3.8, 4) is 10.6 Å².